The van der Waals surface area contributed by atoms with Crippen LogP contribution < -0.4 is 4.90 Å². The number of piperidine rings is 1. The Kier molecular flexibility index (Phi) is 8.21. The second-order valence-corrected chi connectivity index (χ2v) is 14.2. The molecule has 1 saturated carbocycles. The Morgan fingerprint density at radius 2 is 1.86 bits per heavy atom. The number of halogens is 3. The summed E-state index contributed by atoms with van der Waals surface area (Å²) in [7, 11) is 1.80. The van der Waals surface area contributed by atoms with Gasteiger partial charge in [0.05, 0.1) is 35.6 Å². The van der Waals surface area contributed by atoms with Gasteiger partial charge in [-0.1, -0.05) is 13.0 Å². The summed E-state index contributed by atoms with van der Waals surface area (Å²) < 4.78 is 47.6. The summed E-state index contributed by atoms with van der Waals surface area (Å²) in [5, 5.41) is 22.6. The number of benzene rings is 2. The summed E-state index contributed by atoms with van der Waals surface area (Å²) in [5.74, 6) is 1.26. The number of aromatic nitrogens is 6. The van der Waals surface area contributed by atoms with E-state index >= 15 is 0 Å². The van der Waals surface area contributed by atoms with Gasteiger partial charge in [-0.05, 0) is 103 Å². The average molecular weight is 692 g/mol. The maximum Gasteiger partial charge on any atom is 0.416 e. The van der Waals surface area contributed by atoms with Crippen LogP contribution in [0.4, 0.5) is 19.0 Å². The fourth-order valence-corrected chi connectivity index (χ4v) is 7.38. The number of aryl methyl sites for hydroxylation is 1. The second-order valence-electron chi connectivity index (χ2n) is 14.2. The van der Waals surface area contributed by atoms with Crippen LogP contribution in [-0.2, 0) is 32.9 Å². The van der Waals surface area contributed by atoms with E-state index < -0.39 is 17.6 Å². The van der Waals surface area contributed by atoms with Crippen LogP contribution in [0.2, 0.25) is 0 Å². The van der Waals surface area contributed by atoms with Gasteiger partial charge in [-0.3, -0.25) is 19.3 Å². The monoisotopic (exact) mass is 691 g/mol. The minimum atomic E-state index is -4.64. The molecule has 2 fully saturated rings. The fourth-order valence-electron chi connectivity index (χ4n) is 7.38. The van der Waals surface area contributed by atoms with Gasteiger partial charge in [0.15, 0.2) is 5.82 Å². The van der Waals surface area contributed by atoms with Gasteiger partial charge < -0.3 is 4.57 Å². The van der Waals surface area contributed by atoms with Crippen molar-refractivity contribution in [1.82, 2.24) is 34.4 Å². The lowest BCUT2D eigenvalue weighted by Gasteiger charge is -2.31. The molecule has 1 amide bonds. The summed E-state index contributed by atoms with van der Waals surface area (Å²) in [5.41, 5.74) is 3.31. The molecule has 1 aliphatic carbocycles. The molecule has 5 heterocycles. The lowest BCUT2D eigenvalue weighted by molar-refractivity contribution is -0.138. The van der Waals surface area contributed by atoms with Crippen LogP contribution in [0.5, 0.6) is 0 Å². The second kappa shape index (κ2) is 12.8. The van der Waals surface area contributed by atoms with Crippen LogP contribution in [-0.4, -0.2) is 53.4 Å². The normalized spacial score (nSPS) is 17.9. The summed E-state index contributed by atoms with van der Waals surface area (Å²) >= 11 is 0. The average Bonchev–Trinajstić information content (AvgIpc) is 3.45. The number of nitrogens with zero attached hydrogens (tertiary/aromatic N) is 9. The van der Waals surface area contributed by atoms with Gasteiger partial charge in [0, 0.05) is 49.6 Å². The van der Waals surface area contributed by atoms with Gasteiger partial charge in [-0.15, -0.1) is 10.2 Å². The van der Waals surface area contributed by atoms with Crippen LogP contribution in [0.3, 0.4) is 0 Å². The Bertz CT molecular complexity index is 2190. The maximum atomic E-state index is 14.7. The molecule has 1 atom stereocenters. The van der Waals surface area contributed by atoms with E-state index in [4.69, 9.17) is 4.98 Å². The predicted octanol–water partition coefficient (Wildman–Crippen LogP) is 7.10. The van der Waals surface area contributed by atoms with Crippen molar-refractivity contribution in [3.63, 3.8) is 0 Å². The van der Waals surface area contributed by atoms with E-state index in [1.807, 2.05) is 16.9 Å². The zero-order valence-corrected chi connectivity index (χ0v) is 28.4. The summed E-state index contributed by atoms with van der Waals surface area (Å²) in [6.45, 7) is 4.63. The van der Waals surface area contributed by atoms with Crippen LogP contribution in [0.15, 0.2) is 61.2 Å². The van der Waals surface area contributed by atoms with E-state index in [0.717, 1.165) is 45.3 Å². The molecule has 0 spiro atoms. The van der Waals surface area contributed by atoms with Gasteiger partial charge in [0.25, 0.3) is 5.91 Å². The number of likely N-dealkylation sites (tertiary alicyclic amines) is 1. The highest BCUT2D eigenvalue weighted by atomic mass is 19.4. The van der Waals surface area contributed by atoms with Crippen molar-refractivity contribution in [2.24, 2.45) is 18.9 Å². The predicted molar refractivity (Wildman–Crippen MR) is 184 cm³/mol. The molecular weight excluding hydrogens is 655 g/mol. The first-order valence-electron chi connectivity index (χ1n) is 17.2. The molecule has 3 aromatic heterocycles. The van der Waals surface area contributed by atoms with E-state index in [1.165, 1.54) is 11.0 Å². The van der Waals surface area contributed by atoms with Crippen molar-refractivity contribution in [3.8, 4) is 39.8 Å². The van der Waals surface area contributed by atoms with Gasteiger partial charge in [0.1, 0.15) is 12.1 Å². The van der Waals surface area contributed by atoms with Gasteiger partial charge in [-0.2, -0.15) is 23.5 Å². The van der Waals surface area contributed by atoms with Crippen molar-refractivity contribution in [2.75, 3.05) is 18.0 Å². The third kappa shape index (κ3) is 6.52. The molecular formula is C38H36F3N9O. The Balaban J connectivity index is 1.24. The molecule has 51 heavy (non-hydrogen) atoms. The Morgan fingerprint density at radius 3 is 2.59 bits per heavy atom. The first-order chi connectivity index (χ1) is 24.5. The molecule has 0 bridgehead atoms. The quantitative estimate of drug-likeness (QED) is 0.171. The zero-order valence-electron chi connectivity index (χ0n) is 28.4. The minimum absolute atomic E-state index is 0.0487. The molecule has 1 saturated heterocycles. The van der Waals surface area contributed by atoms with Crippen LogP contribution in [0.25, 0.3) is 33.8 Å². The highest BCUT2D eigenvalue weighted by Gasteiger charge is 2.41. The van der Waals surface area contributed by atoms with Gasteiger partial charge in [-0.25, -0.2) is 4.98 Å². The first-order valence-corrected chi connectivity index (χ1v) is 17.2. The summed E-state index contributed by atoms with van der Waals surface area (Å²) in [6, 6.07) is 13.8. The first kappa shape index (κ1) is 32.8. The van der Waals surface area contributed by atoms with E-state index in [1.54, 1.807) is 54.5 Å². The number of hydrogen-bond acceptors (Lipinski definition) is 7. The smallest absolute Gasteiger partial charge is 0.317 e. The number of alkyl halides is 3. The van der Waals surface area contributed by atoms with Gasteiger partial charge >= 0.3 is 6.18 Å². The molecule has 3 aliphatic rings. The lowest BCUT2D eigenvalue weighted by atomic mass is 9.96. The van der Waals surface area contributed by atoms with Gasteiger partial charge in [0.2, 0.25) is 0 Å². The fraction of sp³-hybridized carbons (Fsp3) is 0.368. The molecule has 2 aliphatic heterocycles. The number of rotatable bonds is 8. The topological polar surface area (TPSA) is 109 Å². The number of carbonyl (C=O) groups excluding carboxylic acids is 1. The Labute approximate surface area is 293 Å². The molecule has 13 heteroatoms. The van der Waals surface area contributed by atoms with Crippen LogP contribution >= 0.6 is 0 Å². The van der Waals surface area contributed by atoms with Crippen molar-refractivity contribution in [3.05, 3.63) is 89.0 Å². The molecule has 260 valence electrons. The molecule has 0 radical (unpaired) electrons. The van der Waals surface area contributed by atoms with E-state index in [2.05, 4.69) is 33.2 Å². The zero-order chi connectivity index (χ0) is 35.4. The van der Waals surface area contributed by atoms with Crippen molar-refractivity contribution >= 4 is 11.7 Å². The SMILES string of the molecule is C[C@H]1CCCN(Cc2cc3c(c(C(F)(F)F)c2)CN(c2cc(-c4ccc(C#N)cc4-c4nncn4C)cc(-c4cnn(CC5CC5)c4)n2)C3=O)C1. The lowest BCUT2D eigenvalue weighted by Crippen LogP contribution is -2.33. The maximum absolute atomic E-state index is 14.7. The van der Waals surface area contributed by atoms with E-state index in [-0.39, 0.29) is 23.5 Å². The highest BCUT2D eigenvalue weighted by molar-refractivity contribution is 6.10. The highest BCUT2D eigenvalue weighted by Crippen LogP contribution is 2.42. The third-order valence-electron chi connectivity index (χ3n) is 10.1. The standard InChI is InChI=1S/C38H36F3N9O/c1-23-4-3-9-48(17-23)18-26-11-31-32(33(12-26)38(39,40)41)21-50(37(31)51)35-14-27(13-34(45-35)28-16-44-49(20-28)19-24-5-6-24)29-8-7-25(15-42)10-30(29)36-46-43-22-47(36)2/h7-8,10-14,16,20,22-24H,3-6,9,17-19,21H2,1-2H3/t23-/m0/s1. The number of carbonyl (C=O) groups is 1. The largest absolute Gasteiger partial charge is 0.416 e. The minimum Gasteiger partial charge on any atom is -0.317 e. The van der Waals surface area contributed by atoms with Crippen molar-refractivity contribution in [2.45, 2.75) is 58.4 Å². The van der Waals surface area contributed by atoms with Crippen molar-refractivity contribution < 1.29 is 18.0 Å². The number of hydrogen-bond donors (Lipinski definition) is 0. The van der Waals surface area contributed by atoms with Crippen molar-refractivity contribution in [1.29, 1.82) is 5.26 Å². The van der Waals surface area contributed by atoms with E-state index in [0.29, 0.717) is 63.3 Å². The molecule has 0 N–H and O–H groups in total. The molecule has 2 aromatic carbocycles. The summed E-state index contributed by atoms with van der Waals surface area (Å²) in [4.78, 5) is 22.6. The Hall–Kier alpha value is -5.35. The summed E-state index contributed by atoms with van der Waals surface area (Å²) in [6.07, 6.45) is 4.96. The number of anilines is 1. The van der Waals surface area contributed by atoms with Crippen LogP contribution in [0.1, 0.15) is 65.2 Å². The molecule has 0 unspecified atom stereocenters. The number of fused-ring (bicyclic) bond motifs is 1. The Morgan fingerprint density at radius 1 is 1.02 bits per heavy atom. The number of amides is 1. The molecule has 5 aromatic rings. The molecule has 10 nitrogen and oxygen atoms in total. The number of nitriles is 1. The molecule has 8 rings (SSSR count). The van der Waals surface area contributed by atoms with E-state index in [9.17, 15) is 23.2 Å². The van der Waals surface area contributed by atoms with Crippen LogP contribution in [0, 0.1) is 23.2 Å². The number of pyridine rings is 1. The third-order valence-corrected chi connectivity index (χ3v) is 10.1.